The molecule has 4 N–H and O–H groups in total. The number of rotatable bonds is 8. The summed E-state index contributed by atoms with van der Waals surface area (Å²) in [5.41, 5.74) is 0. The van der Waals surface area contributed by atoms with Gasteiger partial charge in [-0.3, -0.25) is 0 Å². The van der Waals surface area contributed by atoms with Crippen molar-refractivity contribution in [2.24, 2.45) is 0 Å². The average molecular weight is 320 g/mol. The minimum atomic E-state index is -4.64. The van der Waals surface area contributed by atoms with E-state index in [9.17, 15) is 5.11 Å². The molecule has 0 unspecified atom stereocenters. The van der Waals surface area contributed by atoms with Gasteiger partial charge >= 0.3 is 7.82 Å². The molecular weight excluding hydrogens is 295 g/mol. The lowest BCUT2D eigenvalue weighted by atomic mass is 10.1. The molecule has 6 nitrogen and oxygen atoms in total. The van der Waals surface area contributed by atoms with Gasteiger partial charge in [0, 0.05) is 0 Å². The van der Waals surface area contributed by atoms with E-state index >= 15 is 0 Å². The summed E-state index contributed by atoms with van der Waals surface area (Å²) in [5.74, 6) is 0.824. The third-order valence-corrected chi connectivity index (χ3v) is 2.62. The van der Waals surface area contributed by atoms with E-state index in [0.717, 1.165) is 6.42 Å². The van der Waals surface area contributed by atoms with Crippen molar-refractivity contribution in [1.29, 1.82) is 0 Å². The molecule has 0 radical (unpaired) electrons. The van der Waals surface area contributed by atoms with Crippen molar-refractivity contribution in [2.45, 2.75) is 45.4 Å². The zero-order valence-corrected chi connectivity index (χ0v) is 13.2. The Morgan fingerprint density at radius 2 is 1.52 bits per heavy atom. The minimum Gasteiger partial charge on any atom is -0.504 e. The number of benzene rings is 1. The molecule has 0 saturated heterocycles. The minimum absolute atomic E-state index is 0.230. The second-order valence-corrected chi connectivity index (χ2v) is 5.62. The average Bonchev–Trinajstić information content (AvgIpc) is 2.38. The Hall–Kier alpha value is -1.07. The van der Waals surface area contributed by atoms with Gasteiger partial charge in [0.05, 0.1) is 6.61 Å². The second kappa shape index (κ2) is 11.6. The van der Waals surface area contributed by atoms with Crippen molar-refractivity contribution in [2.75, 3.05) is 6.61 Å². The SMILES string of the molecule is CCCCCCCCOc1ccccc1O.O=P(O)(O)O. The molecule has 122 valence electrons. The van der Waals surface area contributed by atoms with Crippen LogP contribution in [0.3, 0.4) is 0 Å². The van der Waals surface area contributed by atoms with Crippen LogP contribution in [0.1, 0.15) is 45.4 Å². The Balaban J connectivity index is 0.000000690. The van der Waals surface area contributed by atoms with Gasteiger partial charge in [0.1, 0.15) is 0 Å². The lowest BCUT2D eigenvalue weighted by molar-refractivity contribution is 0.275. The van der Waals surface area contributed by atoms with E-state index in [2.05, 4.69) is 6.92 Å². The van der Waals surface area contributed by atoms with Gasteiger partial charge in [-0.1, -0.05) is 51.2 Å². The standard InChI is InChI=1S/C14H22O2.H3O4P/c1-2-3-4-5-6-9-12-16-14-11-8-7-10-13(14)15;1-5(2,3)4/h7-8,10-11,15H,2-6,9,12H2,1H3;(H3,1,2,3,4). The van der Waals surface area contributed by atoms with Crippen LogP contribution in [0.15, 0.2) is 24.3 Å². The molecule has 0 aliphatic carbocycles. The molecule has 1 aromatic carbocycles. The molecule has 1 aromatic rings. The van der Waals surface area contributed by atoms with Crippen molar-refractivity contribution in [1.82, 2.24) is 0 Å². The van der Waals surface area contributed by atoms with Crippen LogP contribution in [-0.2, 0) is 4.57 Å². The number of hydrogen-bond donors (Lipinski definition) is 4. The van der Waals surface area contributed by atoms with Crippen molar-refractivity contribution >= 4 is 7.82 Å². The van der Waals surface area contributed by atoms with E-state index in [4.69, 9.17) is 24.0 Å². The molecule has 0 amide bonds. The molecule has 7 heteroatoms. The van der Waals surface area contributed by atoms with E-state index < -0.39 is 7.82 Å². The monoisotopic (exact) mass is 320 g/mol. The molecular formula is C14H25O6P. The third-order valence-electron chi connectivity index (χ3n) is 2.62. The van der Waals surface area contributed by atoms with Crippen LogP contribution in [-0.4, -0.2) is 26.4 Å². The first-order valence-electron chi connectivity index (χ1n) is 7.03. The van der Waals surface area contributed by atoms with Gasteiger partial charge in [0.2, 0.25) is 0 Å². The fourth-order valence-electron chi connectivity index (χ4n) is 1.64. The van der Waals surface area contributed by atoms with Crippen LogP contribution in [0.5, 0.6) is 11.5 Å². The summed E-state index contributed by atoms with van der Waals surface area (Å²) >= 11 is 0. The quantitative estimate of drug-likeness (QED) is 0.433. The normalized spacial score (nSPS) is 10.7. The van der Waals surface area contributed by atoms with E-state index in [1.165, 1.54) is 32.1 Å². The Bertz CT molecular complexity index is 409. The van der Waals surface area contributed by atoms with Gasteiger partial charge in [-0.15, -0.1) is 0 Å². The summed E-state index contributed by atoms with van der Waals surface area (Å²) in [4.78, 5) is 21.6. The van der Waals surface area contributed by atoms with Crippen LogP contribution in [0.25, 0.3) is 0 Å². The highest BCUT2D eigenvalue weighted by Crippen LogP contribution is 2.26. The first-order valence-corrected chi connectivity index (χ1v) is 8.60. The molecule has 0 heterocycles. The number of aromatic hydroxyl groups is 1. The van der Waals surface area contributed by atoms with Gasteiger partial charge in [-0.05, 0) is 18.6 Å². The largest absolute Gasteiger partial charge is 0.504 e. The Kier molecular flexibility index (Phi) is 11.0. The zero-order valence-electron chi connectivity index (χ0n) is 12.3. The van der Waals surface area contributed by atoms with E-state index in [0.29, 0.717) is 12.4 Å². The molecule has 0 fully saturated rings. The molecule has 0 spiro atoms. The summed E-state index contributed by atoms with van der Waals surface area (Å²) in [5, 5.41) is 9.46. The Labute approximate surface area is 125 Å². The van der Waals surface area contributed by atoms with E-state index in [1.807, 2.05) is 6.07 Å². The first-order chi connectivity index (χ1) is 9.84. The smallest absolute Gasteiger partial charge is 0.466 e. The zero-order chi connectivity index (χ0) is 16.1. The molecule has 0 aliphatic rings. The van der Waals surface area contributed by atoms with Gasteiger partial charge < -0.3 is 24.5 Å². The number of ether oxygens (including phenoxy) is 1. The maximum atomic E-state index is 9.46. The van der Waals surface area contributed by atoms with Gasteiger partial charge in [0.25, 0.3) is 0 Å². The summed E-state index contributed by atoms with van der Waals surface area (Å²) in [6.07, 6.45) is 7.52. The first kappa shape index (κ1) is 19.9. The fraction of sp³-hybridized carbons (Fsp3) is 0.571. The van der Waals surface area contributed by atoms with Crippen LogP contribution in [0, 0.1) is 0 Å². The van der Waals surface area contributed by atoms with Gasteiger partial charge in [-0.2, -0.15) is 0 Å². The maximum Gasteiger partial charge on any atom is 0.466 e. The Morgan fingerprint density at radius 1 is 1.00 bits per heavy atom. The van der Waals surface area contributed by atoms with Crippen molar-refractivity contribution in [3.8, 4) is 11.5 Å². The predicted molar refractivity (Wildman–Crippen MR) is 81.2 cm³/mol. The molecule has 0 aliphatic heterocycles. The van der Waals surface area contributed by atoms with Crippen LogP contribution < -0.4 is 4.74 Å². The lowest BCUT2D eigenvalue weighted by Gasteiger charge is -2.07. The fourth-order valence-corrected chi connectivity index (χ4v) is 1.64. The van der Waals surface area contributed by atoms with Crippen molar-refractivity contribution < 1.29 is 29.1 Å². The van der Waals surface area contributed by atoms with Crippen molar-refractivity contribution in [3.63, 3.8) is 0 Å². The van der Waals surface area contributed by atoms with Gasteiger partial charge in [0.15, 0.2) is 11.5 Å². The van der Waals surface area contributed by atoms with Crippen LogP contribution in [0.4, 0.5) is 0 Å². The summed E-state index contributed by atoms with van der Waals surface area (Å²) in [6.45, 7) is 2.92. The van der Waals surface area contributed by atoms with Crippen LogP contribution >= 0.6 is 7.82 Å². The lowest BCUT2D eigenvalue weighted by Crippen LogP contribution is -1.97. The highest BCUT2D eigenvalue weighted by atomic mass is 31.2. The highest BCUT2D eigenvalue weighted by Gasteiger charge is 2.00. The number of phenolic OH excluding ortho intramolecular Hbond substituents is 1. The second-order valence-electron chi connectivity index (χ2n) is 4.60. The number of para-hydroxylation sites is 2. The van der Waals surface area contributed by atoms with E-state index in [1.54, 1.807) is 18.2 Å². The maximum absolute atomic E-state index is 9.46. The molecule has 0 atom stereocenters. The summed E-state index contributed by atoms with van der Waals surface area (Å²) in [6, 6.07) is 7.12. The number of hydrogen-bond acceptors (Lipinski definition) is 3. The number of phosphoric acid groups is 1. The van der Waals surface area contributed by atoms with E-state index in [-0.39, 0.29) is 5.75 Å². The number of unbranched alkanes of at least 4 members (excludes halogenated alkanes) is 5. The predicted octanol–water partition coefficient (Wildman–Crippen LogP) is 3.20. The molecule has 0 saturated carbocycles. The van der Waals surface area contributed by atoms with Crippen LogP contribution in [0.2, 0.25) is 0 Å². The van der Waals surface area contributed by atoms with Crippen molar-refractivity contribution in [3.05, 3.63) is 24.3 Å². The molecule has 21 heavy (non-hydrogen) atoms. The Morgan fingerprint density at radius 3 is 2.10 bits per heavy atom. The summed E-state index contributed by atoms with van der Waals surface area (Å²) < 4.78 is 14.4. The number of phenols is 1. The molecule has 0 aromatic heterocycles. The molecule has 0 bridgehead atoms. The summed E-state index contributed by atoms with van der Waals surface area (Å²) in [7, 11) is -4.64. The highest BCUT2D eigenvalue weighted by molar-refractivity contribution is 7.45. The topological polar surface area (TPSA) is 107 Å². The molecule has 1 rings (SSSR count). The van der Waals surface area contributed by atoms with Gasteiger partial charge in [-0.25, -0.2) is 4.57 Å². The third kappa shape index (κ3) is 15.1.